The van der Waals surface area contributed by atoms with Crippen molar-refractivity contribution in [3.05, 3.63) is 59.2 Å². The van der Waals surface area contributed by atoms with Crippen LogP contribution in [0.2, 0.25) is 0 Å². The highest BCUT2D eigenvalue weighted by Gasteiger charge is 2.11. The van der Waals surface area contributed by atoms with Crippen molar-refractivity contribution in [3.8, 4) is 11.5 Å². The third kappa shape index (κ3) is 6.06. The van der Waals surface area contributed by atoms with Crippen LogP contribution in [0.1, 0.15) is 16.7 Å². The van der Waals surface area contributed by atoms with Gasteiger partial charge in [-0.3, -0.25) is 4.79 Å². The molecule has 2 aromatic carbocycles. The van der Waals surface area contributed by atoms with E-state index in [2.05, 4.69) is 10.1 Å². The smallest absolute Gasteiger partial charge is 0.387 e. The maximum Gasteiger partial charge on any atom is 0.387 e. The molecule has 0 saturated heterocycles. The van der Waals surface area contributed by atoms with Gasteiger partial charge in [-0.1, -0.05) is 35.9 Å². The summed E-state index contributed by atoms with van der Waals surface area (Å²) in [5.41, 5.74) is 2.96. The first-order valence-corrected chi connectivity index (χ1v) is 7.92. The molecule has 0 aromatic heterocycles. The fourth-order valence-electron chi connectivity index (χ4n) is 2.36. The molecule has 1 amide bonds. The van der Waals surface area contributed by atoms with Crippen LogP contribution in [0.4, 0.5) is 8.78 Å². The Bertz CT molecular complexity index is 702. The zero-order valence-electron chi connectivity index (χ0n) is 14.2. The minimum absolute atomic E-state index is 0.00958. The Balaban J connectivity index is 1.84. The Labute approximate surface area is 145 Å². The molecule has 0 fully saturated rings. The average molecular weight is 349 g/mol. The van der Waals surface area contributed by atoms with E-state index in [-0.39, 0.29) is 17.4 Å². The van der Waals surface area contributed by atoms with Crippen LogP contribution in [0, 0.1) is 6.92 Å². The molecule has 0 aliphatic carbocycles. The minimum atomic E-state index is -2.90. The highest BCUT2D eigenvalue weighted by Crippen LogP contribution is 2.29. The molecule has 6 heteroatoms. The number of carbonyl (C=O) groups is 1. The topological polar surface area (TPSA) is 47.6 Å². The monoisotopic (exact) mass is 349 g/mol. The number of nitrogens with one attached hydrogen (secondary N) is 1. The molecule has 2 aromatic rings. The molecule has 0 bridgehead atoms. The third-order valence-electron chi connectivity index (χ3n) is 3.67. The molecule has 0 atom stereocenters. The zero-order chi connectivity index (χ0) is 18.2. The first-order chi connectivity index (χ1) is 12.0. The molecule has 0 aliphatic heterocycles. The summed E-state index contributed by atoms with van der Waals surface area (Å²) >= 11 is 0. The predicted molar refractivity (Wildman–Crippen MR) is 91.2 cm³/mol. The highest BCUT2D eigenvalue weighted by atomic mass is 19.3. The second kappa shape index (κ2) is 9.01. The van der Waals surface area contributed by atoms with E-state index in [1.54, 1.807) is 12.1 Å². The Kier molecular flexibility index (Phi) is 6.74. The number of halogens is 2. The van der Waals surface area contributed by atoms with E-state index < -0.39 is 6.61 Å². The van der Waals surface area contributed by atoms with Gasteiger partial charge in [-0.05, 0) is 36.6 Å². The molecule has 0 spiro atoms. The van der Waals surface area contributed by atoms with Gasteiger partial charge >= 0.3 is 6.61 Å². The van der Waals surface area contributed by atoms with Crippen LogP contribution in [0.25, 0.3) is 0 Å². The number of aryl methyl sites for hydroxylation is 1. The molecular formula is C19H21F2NO3. The number of hydrogen-bond donors (Lipinski definition) is 1. The second-order valence-corrected chi connectivity index (χ2v) is 5.63. The Morgan fingerprint density at radius 1 is 1.08 bits per heavy atom. The number of amides is 1. The molecule has 0 unspecified atom stereocenters. The van der Waals surface area contributed by atoms with E-state index in [4.69, 9.17) is 4.74 Å². The lowest BCUT2D eigenvalue weighted by molar-refractivity contribution is -0.120. The maximum absolute atomic E-state index is 12.3. The van der Waals surface area contributed by atoms with Crippen LogP contribution in [-0.4, -0.2) is 26.2 Å². The lowest BCUT2D eigenvalue weighted by atomic mass is 10.1. The number of methoxy groups -OCH3 is 1. The first kappa shape index (κ1) is 18.7. The second-order valence-electron chi connectivity index (χ2n) is 5.63. The summed E-state index contributed by atoms with van der Waals surface area (Å²) in [6, 6.07) is 12.5. The quantitative estimate of drug-likeness (QED) is 0.793. The number of hydrogen-bond acceptors (Lipinski definition) is 3. The molecule has 134 valence electrons. The fourth-order valence-corrected chi connectivity index (χ4v) is 2.36. The summed E-state index contributed by atoms with van der Waals surface area (Å²) in [6.45, 7) is -0.459. The lowest BCUT2D eigenvalue weighted by Crippen LogP contribution is -2.27. The van der Waals surface area contributed by atoms with Gasteiger partial charge in [0.05, 0.1) is 13.5 Å². The Hall–Kier alpha value is -2.63. The predicted octanol–water partition coefficient (Wildman–Crippen LogP) is 3.51. The van der Waals surface area contributed by atoms with Crippen molar-refractivity contribution in [2.24, 2.45) is 0 Å². The Morgan fingerprint density at radius 3 is 2.40 bits per heavy atom. The van der Waals surface area contributed by atoms with Crippen molar-refractivity contribution in [2.45, 2.75) is 26.4 Å². The molecule has 0 aliphatic rings. The summed E-state index contributed by atoms with van der Waals surface area (Å²) in [4.78, 5) is 11.9. The van der Waals surface area contributed by atoms with Crippen molar-refractivity contribution in [1.29, 1.82) is 0 Å². The third-order valence-corrected chi connectivity index (χ3v) is 3.67. The lowest BCUT2D eigenvalue weighted by Gasteiger charge is -2.11. The van der Waals surface area contributed by atoms with Gasteiger partial charge in [-0.2, -0.15) is 8.78 Å². The van der Waals surface area contributed by atoms with Gasteiger partial charge < -0.3 is 14.8 Å². The van der Waals surface area contributed by atoms with Gasteiger partial charge in [0, 0.05) is 6.54 Å². The van der Waals surface area contributed by atoms with Crippen molar-refractivity contribution in [1.82, 2.24) is 5.32 Å². The molecule has 25 heavy (non-hydrogen) atoms. The number of alkyl halides is 2. The van der Waals surface area contributed by atoms with E-state index in [0.717, 1.165) is 16.7 Å². The van der Waals surface area contributed by atoms with Gasteiger partial charge in [0.25, 0.3) is 0 Å². The van der Waals surface area contributed by atoms with Crippen LogP contribution in [0.5, 0.6) is 11.5 Å². The van der Waals surface area contributed by atoms with Crippen molar-refractivity contribution < 1.29 is 23.0 Å². The van der Waals surface area contributed by atoms with Crippen molar-refractivity contribution in [2.75, 3.05) is 13.7 Å². The van der Waals surface area contributed by atoms with Gasteiger partial charge in [0.2, 0.25) is 5.91 Å². The van der Waals surface area contributed by atoms with Crippen LogP contribution in [0.15, 0.2) is 42.5 Å². The van der Waals surface area contributed by atoms with E-state index >= 15 is 0 Å². The van der Waals surface area contributed by atoms with E-state index in [1.807, 2.05) is 31.2 Å². The van der Waals surface area contributed by atoms with Crippen LogP contribution < -0.4 is 14.8 Å². The minimum Gasteiger partial charge on any atom is -0.493 e. The van der Waals surface area contributed by atoms with Crippen LogP contribution >= 0.6 is 0 Å². The zero-order valence-corrected chi connectivity index (χ0v) is 14.2. The summed E-state index contributed by atoms with van der Waals surface area (Å²) in [7, 11) is 1.39. The standard InChI is InChI=1S/C19H21F2NO3/c1-13-3-5-14(6-4-13)12-18(23)22-10-9-15-7-8-16(25-19(20)21)17(11-15)24-2/h3-8,11,19H,9-10,12H2,1-2H3,(H,22,23). The average Bonchev–Trinajstić information content (AvgIpc) is 2.57. The maximum atomic E-state index is 12.3. The van der Waals surface area contributed by atoms with Crippen molar-refractivity contribution >= 4 is 5.91 Å². The van der Waals surface area contributed by atoms with Gasteiger partial charge in [0.15, 0.2) is 11.5 Å². The van der Waals surface area contributed by atoms with Crippen molar-refractivity contribution in [3.63, 3.8) is 0 Å². The highest BCUT2D eigenvalue weighted by molar-refractivity contribution is 5.78. The SMILES string of the molecule is COc1cc(CCNC(=O)Cc2ccc(C)cc2)ccc1OC(F)F. The van der Waals surface area contributed by atoms with E-state index in [0.29, 0.717) is 19.4 Å². The summed E-state index contributed by atoms with van der Waals surface area (Å²) in [5, 5.41) is 2.85. The molecule has 0 saturated carbocycles. The summed E-state index contributed by atoms with van der Waals surface area (Å²) in [5.74, 6) is 0.168. The van der Waals surface area contributed by atoms with E-state index in [9.17, 15) is 13.6 Å². The largest absolute Gasteiger partial charge is 0.493 e. The van der Waals surface area contributed by atoms with Crippen LogP contribution in [-0.2, 0) is 17.6 Å². The Morgan fingerprint density at radius 2 is 1.76 bits per heavy atom. The molecule has 0 radical (unpaired) electrons. The van der Waals surface area contributed by atoms with E-state index in [1.165, 1.54) is 13.2 Å². The number of carbonyl (C=O) groups excluding carboxylic acids is 1. The summed E-state index contributed by atoms with van der Waals surface area (Å²) < 4.78 is 34.0. The molecule has 4 nitrogen and oxygen atoms in total. The molecule has 0 heterocycles. The normalized spacial score (nSPS) is 10.6. The number of rotatable bonds is 8. The first-order valence-electron chi connectivity index (χ1n) is 7.92. The van der Waals surface area contributed by atoms with Gasteiger partial charge in [0.1, 0.15) is 0 Å². The number of ether oxygens (including phenoxy) is 2. The molecule has 2 rings (SSSR count). The fraction of sp³-hybridized carbons (Fsp3) is 0.316. The van der Waals surface area contributed by atoms with Gasteiger partial charge in [-0.15, -0.1) is 0 Å². The molecule has 1 N–H and O–H groups in total. The van der Waals surface area contributed by atoms with Crippen LogP contribution in [0.3, 0.4) is 0 Å². The van der Waals surface area contributed by atoms with Gasteiger partial charge in [-0.25, -0.2) is 0 Å². The number of benzene rings is 2. The molecular weight excluding hydrogens is 328 g/mol. The summed E-state index contributed by atoms with van der Waals surface area (Å²) in [6.07, 6.45) is 0.885.